The van der Waals surface area contributed by atoms with E-state index in [-0.39, 0.29) is 11.8 Å². The van der Waals surface area contributed by atoms with Crippen molar-refractivity contribution in [3.8, 4) is 66.8 Å². The van der Waals surface area contributed by atoms with Crippen LogP contribution in [-0.2, 0) is 0 Å². The number of hydrogen-bond donors (Lipinski definition) is 0. The van der Waals surface area contributed by atoms with Gasteiger partial charge < -0.3 is 0 Å². The van der Waals surface area contributed by atoms with Crippen molar-refractivity contribution in [2.45, 2.75) is 11.8 Å². The van der Waals surface area contributed by atoms with E-state index in [4.69, 9.17) is 0 Å². The highest BCUT2D eigenvalue weighted by Gasteiger charge is 2.32. The lowest BCUT2D eigenvalue weighted by Crippen LogP contribution is -1.99. The van der Waals surface area contributed by atoms with Crippen LogP contribution in [-0.4, -0.2) is 0 Å². The molecule has 0 amide bonds. The van der Waals surface area contributed by atoms with Crippen LogP contribution in [0.2, 0.25) is 0 Å². The summed E-state index contributed by atoms with van der Waals surface area (Å²) >= 11 is 0. The van der Waals surface area contributed by atoms with Gasteiger partial charge in [-0.2, -0.15) is 0 Å². The minimum Gasteiger partial charge on any atom is -0.0622 e. The van der Waals surface area contributed by atoms with Crippen molar-refractivity contribution < 1.29 is 0 Å². The summed E-state index contributed by atoms with van der Waals surface area (Å²) in [5, 5.41) is 0. The maximum absolute atomic E-state index is 2.43. The number of rotatable bonds is 6. The highest BCUT2D eigenvalue weighted by atomic mass is 14.3. The Kier molecular flexibility index (Phi) is 7.74. The fourth-order valence-electron chi connectivity index (χ4n) is 9.39. The van der Waals surface area contributed by atoms with Gasteiger partial charge in [0.05, 0.1) is 0 Å². The molecule has 2 unspecified atom stereocenters. The molecule has 0 N–H and O–H groups in total. The molecule has 0 heteroatoms. The van der Waals surface area contributed by atoms with Gasteiger partial charge >= 0.3 is 0 Å². The molecular formula is C56H38. The van der Waals surface area contributed by atoms with E-state index in [1.807, 2.05) is 0 Å². The molecule has 9 aromatic rings. The number of benzene rings is 9. The van der Waals surface area contributed by atoms with Crippen molar-refractivity contribution in [1.29, 1.82) is 0 Å². The van der Waals surface area contributed by atoms with E-state index in [1.165, 1.54) is 100 Å². The average Bonchev–Trinajstić information content (AvgIpc) is 3.79. The van der Waals surface area contributed by atoms with Crippen LogP contribution < -0.4 is 0 Å². The average molecular weight is 711 g/mol. The van der Waals surface area contributed by atoms with Gasteiger partial charge in [-0.1, -0.05) is 188 Å². The Morgan fingerprint density at radius 1 is 0.196 bits per heavy atom. The van der Waals surface area contributed by atoms with Crippen molar-refractivity contribution in [3.05, 3.63) is 252 Å². The molecular weight excluding hydrogens is 673 g/mol. The van der Waals surface area contributed by atoms with Crippen LogP contribution in [0.25, 0.3) is 66.8 Å². The second kappa shape index (κ2) is 13.4. The molecule has 2 aliphatic carbocycles. The first-order valence-corrected chi connectivity index (χ1v) is 19.6. The van der Waals surface area contributed by atoms with E-state index >= 15 is 0 Å². The molecule has 9 aromatic carbocycles. The Morgan fingerprint density at radius 3 is 1.00 bits per heavy atom. The molecule has 0 bridgehead atoms. The number of hydrogen-bond acceptors (Lipinski definition) is 0. The summed E-state index contributed by atoms with van der Waals surface area (Å²) in [6, 6.07) is 80.8. The van der Waals surface area contributed by atoms with Gasteiger partial charge in [-0.15, -0.1) is 0 Å². The molecule has 0 radical (unpaired) electrons. The van der Waals surface area contributed by atoms with Crippen LogP contribution in [0.3, 0.4) is 0 Å². The topological polar surface area (TPSA) is 0 Å². The molecule has 2 aliphatic rings. The Hall–Kier alpha value is -7.02. The van der Waals surface area contributed by atoms with Gasteiger partial charge in [-0.05, 0) is 130 Å². The van der Waals surface area contributed by atoms with Crippen LogP contribution in [0.1, 0.15) is 45.2 Å². The third-order valence-electron chi connectivity index (χ3n) is 12.0. The van der Waals surface area contributed by atoms with Crippen molar-refractivity contribution in [2.24, 2.45) is 0 Å². The molecule has 2 atom stereocenters. The normalized spacial score (nSPS) is 14.8. The van der Waals surface area contributed by atoms with Crippen LogP contribution in [0.5, 0.6) is 0 Å². The fraction of sp³-hybridized carbons (Fsp3) is 0.0357. The van der Waals surface area contributed by atoms with Crippen LogP contribution in [0, 0.1) is 0 Å². The van der Waals surface area contributed by atoms with Gasteiger partial charge in [0.2, 0.25) is 0 Å². The molecule has 0 saturated carbocycles. The van der Waals surface area contributed by atoms with Crippen LogP contribution in [0.15, 0.2) is 218 Å². The second-order valence-electron chi connectivity index (χ2n) is 15.2. The third-order valence-corrected chi connectivity index (χ3v) is 12.0. The molecule has 56 heavy (non-hydrogen) atoms. The summed E-state index contributed by atoms with van der Waals surface area (Å²) in [5.41, 5.74) is 23.4. The van der Waals surface area contributed by atoms with Crippen molar-refractivity contribution >= 4 is 0 Å². The lowest BCUT2D eigenvalue weighted by Gasteiger charge is -2.16. The smallest absolute Gasteiger partial charge is 0.0352 e. The zero-order valence-corrected chi connectivity index (χ0v) is 30.9. The molecule has 0 saturated heterocycles. The SMILES string of the molecule is c1ccc(-c2cc(-c3ccccc3)cc(-c3ccc(C4c5ccccc5-c5cc(-c6ccc7c(c6)-c6ccccc6C7c6ccccc6)ccc54)cc3)c2)cc1. The zero-order valence-electron chi connectivity index (χ0n) is 30.9. The van der Waals surface area contributed by atoms with Gasteiger partial charge in [0.25, 0.3) is 0 Å². The van der Waals surface area contributed by atoms with Crippen LogP contribution >= 0.6 is 0 Å². The highest BCUT2D eigenvalue weighted by molar-refractivity contribution is 5.88. The van der Waals surface area contributed by atoms with E-state index in [0.29, 0.717) is 0 Å². The molecule has 0 aromatic heterocycles. The van der Waals surface area contributed by atoms with E-state index in [2.05, 4.69) is 218 Å². The first-order chi connectivity index (χ1) is 27.8. The van der Waals surface area contributed by atoms with E-state index in [9.17, 15) is 0 Å². The fourth-order valence-corrected chi connectivity index (χ4v) is 9.39. The van der Waals surface area contributed by atoms with Crippen molar-refractivity contribution in [3.63, 3.8) is 0 Å². The molecule has 0 aliphatic heterocycles. The van der Waals surface area contributed by atoms with Gasteiger partial charge in [0.1, 0.15) is 0 Å². The van der Waals surface area contributed by atoms with Crippen molar-refractivity contribution in [1.82, 2.24) is 0 Å². The molecule has 0 heterocycles. The second-order valence-corrected chi connectivity index (χ2v) is 15.2. The summed E-state index contributed by atoms with van der Waals surface area (Å²) in [5.74, 6) is 0.438. The van der Waals surface area contributed by atoms with Crippen LogP contribution in [0.4, 0.5) is 0 Å². The highest BCUT2D eigenvalue weighted by Crippen LogP contribution is 2.51. The Balaban J connectivity index is 0.960. The lowest BCUT2D eigenvalue weighted by atomic mass is 9.87. The molecule has 262 valence electrons. The minimum absolute atomic E-state index is 0.179. The Morgan fingerprint density at radius 2 is 0.536 bits per heavy atom. The quantitative estimate of drug-likeness (QED) is 0.161. The Labute approximate surface area is 329 Å². The predicted molar refractivity (Wildman–Crippen MR) is 234 cm³/mol. The molecule has 0 spiro atoms. The summed E-state index contributed by atoms with van der Waals surface area (Å²) < 4.78 is 0. The van der Waals surface area contributed by atoms with Gasteiger partial charge in [0.15, 0.2) is 0 Å². The molecule has 0 nitrogen and oxygen atoms in total. The van der Waals surface area contributed by atoms with Gasteiger partial charge in [-0.3, -0.25) is 0 Å². The predicted octanol–water partition coefficient (Wildman–Crippen LogP) is 14.7. The summed E-state index contributed by atoms with van der Waals surface area (Å²) in [6.45, 7) is 0. The monoisotopic (exact) mass is 710 g/mol. The first-order valence-electron chi connectivity index (χ1n) is 19.6. The lowest BCUT2D eigenvalue weighted by molar-refractivity contribution is 1.01. The Bertz CT molecular complexity index is 2830. The van der Waals surface area contributed by atoms with E-state index in [1.54, 1.807) is 0 Å². The van der Waals surface area contributed by atoms with Gasteiger partial charge in [-0.25, -0.2) is 0 Å². The third kappa shape index (κ3) is 5.45. The standard InChI is InChI=1S/C56H38/c1-4-14-37(15-5-1)44-32-45(38-16-6-2-7-17-38)34-46(33-44)39-24-26-41(27-25-39)56-50-23-13-11-21-48(50)54-36-43(29-31-52(54)56)42-28-30-51-53(35-42)47-20-10-12-22-49(47)55(51)40-18-8-3-9-19-40/h1-36,55-56H. The summed E-state index contributed by atoms with van der Waals surface area (Å²) in [6.07, 6.45) is 0. The summed E-state index contributed by atoms with van der Waals surface area (Å²) in [7, 11) is 0. The summed E-state index contributed by atoms with van der Waals surface area (Å²) in [4.78, 5) is 0. The number of fused-ring (bicyclic) bond motifs is 6. The van der Waals surface area contributed by atoms with Crippen molar-refractivity contribution in [2.75, 3.05) is 0 Å². The molecule has 0 fully saturated rings. The maximum Gasteiger partial charge on any atom is 0.0352 e. The van der Waals surface area contributed by atoms with Gasteiger partial charge in [0, 0.05) is 11.8 Å². The molecule has 11 rings (SSSR count). The zero-order chi connectivity index (χ0) is 37.0. The largest absolute Gasteiger partial charge is 0.0622 e. The van der Waals surface area contributed by atoms with E-state index < -0.39 is 0 Å². The minimum atomic E-state index is 0.179. The maximum atomic E-state index is 2.43. The van der Waals surface area contributed by atoms with E-state index in [0.717, 1.165) is 0 Å². The first kappa shape index (κ1) is 32.4.